The molecule has 0 bridgehead atoms. The number of aromatic hydroxyl groups is 1. The van der Waals surface area contributed by atoms with Crippen molar-refractivity contribution >= 4 is 0 Å². The molecule has 1 heterocycles. The Morgan fingerprint density at radius 3 is 2.69 bits per heavy atom. The van der Waals surface area contributed by atoms with Crippen molar-refractivity contribution in [2.24, 2.45) is 5.92 Å². The Labute approximate surface area is 96.1 Å². The van der Waals surface area contributed by atoms with Gasteiger partial charge in [0.2, 0.25) is 0 Å². The number of hydrogen-bond acceptors (Lipinski definition) is 3. The van der Waals surface area contributed by atoms with Crippen molar-refractivity contribution < 1.29 is 10.2 Å². The topological polar surface area (TPSA) is 52.5 Å². The first-order valence-electron chi connectivity index (χ1n) is 5.92. The number of hydrogen-bond donors (Lipinski definition) is 3. The van der Waals surface area contributed by atoms with Crippen molar-refractivity contribution in [3.8, 4) is 5.75 Å². The van der Waals surface area contributed by atoms with Crippen molar-refractivity contribution in [1.29, 1.82) is 0 Å². The molecular formula is C13H19NO2. The highest BCUT2D eigenvalue weighted by atomic mass is 16.3. The Balaban J connectivity index is 2.14. The highest BCUT2D eigenvalue weighted by Gasteiger charge is 2.24. The van der Waals surface area contributed by atoms with Crippen LogP contribution in [0.2, 0.25) is 0 Å². The van der Waals surface area contributed by atoms with Gasteiger partial charge < -0.3 is 15.5 Å². The monoisotopic (exact) mass is 221 g/mol. The van der Waals surface area contributed by atoms with Crippen LogP contribution in [0.5, 0.6) is 5.75 Å². The lowest BCUT2D eigenvalue weighted by molar-refractivity contribution is 0.201. The first-order chi connectivity index (χ1) is 7.81. The van der Waals surface area contributed by atoms with E-state index >= 15 is 0 Å². The molecule has 2 rings (SSSR count). The molecule has 0 saturated carbocycles. The smallest absolute Gasteiger partial charge is 0.115 e. The van der Waals surface area contributed by atoms with E-state index in [0.717, 1.165) is 31.5 Å². The number of benzene rings is 1. The molecule has 88 valence electrons. The van der Waals surface area contributed by atoms with Gasteiger partial charge in [-0.3, -0.25) is 0 Å². The van der Waals surface area contributed by atoms with Crippen molar-refractivity contribution in [2.75, 3.05) is 19.7 Å². The van der Waals surface area contributed by atoms with Gasteiger partial charge in [0.1, 0.15) is 5.75 Å². The number of phenolic OH excluding ortho intramolecular Hbond substituents is 1. The first kappa shape index (κ1) is 11.4. The maximum Gasteiger partial charge on any atom is 0.115 e. The van der Waals surface area contributed by atoms with E-state index in [2.05, 4.69) is 5.32 Å². The lowest BCUT2D eigenvalue weighted by Gasteiger charge is -2.29. The van der Waals surface area contributed by atoms with Crippen LogP contribution in [0, 0.1) is 5.92 Å². The van der Waals surface area contributed by atoms with Crippen LogP contribution >= 0.6 is 0 Å². The third kappa shape index (κ3) is 2.54. The average Bonchev–Trinajstić information content (AvgIpc) is 2.31. The van der Waals surface area contributed by atoms with E-state index in [1.807, 2.05) is 12.1 Å². The molecule has 1 unspecified atom stereocenters. The summed E-state index contributed by atoms with van der Waals surface area (Å²) in [6.45, 7) is 2.22. The molecule has 1 aromatic rings. The maximum atomic E-state index is 9.52. The van der Waals surface area contributed by atoms with Gasteiger partial charge in [-0.15, -0.1) is 0 Å². The number of phenols is 1. The predicted molar refractivity (Wildman–Crippen MR) is 63.5 cm³/mol. The molecule has 1 aliphatic heterocycles. The average molecular weight is 221 g/mol. The van der Waals surface area contributed by atoms with Gasteiger partial charge in [-0.1, -0.05) is 12.1 Å². The van der Waals surface area contributed by atoms with Crippen LogP contribution in [0.1, 0.15) is 24.3 Å². The summed E-state index contributed by atoms with van der Waals surface area (Å²) in [6.07, 6.45) is 2.20. The van der Waals surface area contributed by atoms with Gasteiger partial charge in [0, 0.05) is 5.92 Å². The number of piperidine rings is 1. The Hall–Kier alpha value is -1.06. The van der Waals surface area contributed by atoms with Crippen molar-refractivity contribution in [3.63, 3.8) is 0 Å². The van der Waals surface area contributed by atoms with Gasteiger partial charge in [-0.05, 0) is 49.5 Å². The summed E-state index contributed by atoms with van der Waals surface area (Å²) in [5, 5.41) is 22.3. The van der Waals surface area contributed by atoms with E-state index < -0.39 is 0 Å². The molecule has 0 aromatic heterocycles. The molecule has 0 amide bonds. The fraction of sp³-hybridized carbons (Fsp3) is 0.538. The molecule has 1 atom stereocenters. The van der Waals surface area contributed by atoms with Gasteiger partial charge in [0.05, 0.1) is 6.61 Å². The van der Waals surface area contributed by atoms with Crippen molar-refractivity contribution in [2.45, 2.75) is 18.8 Å². The van der Waals surface area contributed by atoms with Crippen LogP contribution < -0.4 is 5.32 Å². The lowest BCUT2D eigenvalue weighted by Crippen LogP contribution is -2.32. The Morgan fingerprint density at radius 2 is 2.06 bits per heavy atom. The second-order valence-corrected chi connectivity index (χ2v) is 4.47. The van der Waals surface area contributed by atoms with Crippen LogP contribution in [0.3, 0.4) is 0 Å². The molecule has 0 spiro atoms. The standard InChI is InChI=1S/C13H19NO2/c15-9-13(10-4-6-14-7-5-10)11-2-1-3-12(16)8-11/h1-3,8,10,13-16H,4-7,9H2. The van der Waals surface area contributed by atoms with E-state index in [9.17, 15) is 10.2 Å². The zero-order valence-electron chi connectivity index (χ0n) is 9.39. The van der Waals surface area contributed by atoms with Crippen molar-refractivity contribution in [3.05, 3.63) is 29.8 Å². The second kappa shape index (κ2) is 5.32. The maximum absolute atomic E-state index is 9.52. The minimum Gasteiger partial charge on any atom is -0.508 e. The predicted octanol–water partition coefficient (Wildman–Crippen LogP) is 1.47. The third-order valence-electron chi connectivity index (χ3n) is 3.45. The number of aliphatic hydroxyl groups is 1. The fourth-order valence-corrected chi connectivity index (χ4v) is 2.53. The third-order valence-corrected chi connectivity index (χ3v) is 3.45. The summed E-state index contributed by atoms with van der Waals surface area (Å²) in [4.78, 5) is 0. The summed E-state index contributed by atoms with van der Waals surface area (Å²) < 4.78 is 0. The first-order valence-corrected chi connectivity index (χ1v) is 5.92. The van der Waals surface area contributed by atoms with E-state index in [0.29, 0.717) is 5.92 Å². The van der Waals surface area contributed by atoms with Gasteiger partial charge >= 0.3 is 0 Å². The molecule has 0 aliphatic carbocycles. The number of aliphatic hydroxyl groups excluding tert-OH is 1. The van der Waals surface area contributed by atoms with Gasteiger partial charge in [0.25, 0.3) is 0 Å². The van der Waals surface area contributed by atoms with E-state index in [1.54, 1.807) is 12.1 Å². The van der Waals surface area contributed by atoms with Crippen LogP contribution in [0.4, 0.5) is 0 Å². The number of rotatable bonds is 3. The molecule has 1 aromatic carbocycles. The van der Waals surface area contributed by atoms with Gasteiger partial charge in [-0.2, -0.15) is 0 Å². The van der Waals surface area contributed by atoms with Crippen LogP contribution in [-0.4, -0.2) is 29.9 Å². The fourth-order valence-electron chi connectivity index (χ4n) is 2.53. The molecule has 0 radical (unpaired) electrons. The normalized spacial score (nSPS) is 19.6. The van der Waals surface area contributed by atoms with Crippen molar-refractivity contribution in [1.82, 2.24) is 5.32 Å². The Kier molecular flexibility index (Phi) is 3.80. The highest BCUT2D eigenvalue weighted by Crippen LogP contribution is 2.31. The molecule has 1 aliphatic rings. The molecular weight excluding hydrogens is 202 g/mol. The zero-order valence-corrected chi connectivity index (χ0v) is 9.39. The Bertz CT molecular complexity index is 334. The van der Waals surface area contributed by atoms with E-state index in [1.165, 1.54) is 0 Å². The second-order valence-electron chi connectivity index (χ2n) is 4.47. The molecule has 3 heteroatoms. The van der Waals surface area contributed by atoms with Crippen LogP contribution in [-0.2, 0) is 0 Å². The highest BCUT2D eigenvalue weighted by molar-refractivity contribution is 5.30. The molecule has 16 heavy (non-hydrogen) atoms. The summed E-state index contributed by atoms with van der Waals surface area (Å²) in [6, 6.07) is 7.26. The molecule has 3 nitrogen and oxygen atoms in total. The summed E-state index contributed by atoms with van der Waals surface area (Å²) in [5.74, 6) is 0.965. The van der Waals surface area contributed by atoms with E-state index in [-0.39, 0.29) is 18.3 Å². The summed E-state index contributed by atoms with van der Waals surface area (Å²) in [7, 11) is 0. The molecule has 3 N–H and O–H groups in total. The summed E-state index contributed by atoms with van der Waals surface area (Å²) in [5.41, 5.74) is 1.05. The van der Waals surface area contributed by atoms with E-state index in [4.69, 9.17) is 0 Å². The van der Waals surface area contributed by atoms with Gasteiger partial charge in [0.15, 0.2) is 0 Å². The largest absolute Gasteiger partial charge is 0.508 e. The minimum atomic E-state index is 0.161. The summed E-state index contributed by atoms with van der Waals surface area (Å²) >= 11 is 0. The molecule has 1 saturated heterocycles. The lowest BCUT2D eigenvalue weighted by atomic mass is 9.81. The quantitative estimate of drug-likeness (QED) is 0.724. The molecule has 1 fully saturated rings. The van der Waals surface area contributed by atoms with Crippen LogP contribution in [0.15, 0.2) is 24.3 Å². The Morgan fingerprint density at radius 1 is 1.31 bits per heavy atom. The number of nitrogens with one attached hydrogen (secondary N) is 1. The van der Waals surface area contributed by atoms with Crippen LogP contribution in [0.25, 0.3) is 0 Å². The minimum absolute atomic E-state index is 0.161. The van der Waals surface area contributed by atoms with Gasteiger partial charge in [-0.25, -0.2) is 0 Å². The zero-order chi connectivity index (χ0) is 11.4. The SMILES string of the molecule is OCC(c1cccc(O)c1)C1CCNCC1.